The number of nitrogens with one attached hydrogen (secondary N) is 1. The van der Waals surface area contributed by atoms with Crippen LogP contribution in [0.3, 0.4) is 0 Å². The lowest BCUT2D eigenvalue weighted by Crippen LogP contribution is -2.53. The van der Waals surface area contributed by atoms with E-state index in [-0.39, 0.29) is 23.4 Å². The molecule has 0 aromatic heterocycles. The monoisotopic (exact) mass is 581 g/mol. The second-order valence-electron chi connectivity index (χ2n) is 10.2. The summed E-state index contributed by atoms with van der Waals surface area (Å²) >= 11 is 6.29. The Hall–Kier alpha value is -3.36. The van der Waals surface area contributed by atoms with Gasteiger partial charge in [0.05, 0.1) is 10.6 Å². The van der Waals surface area contributed by atoms with E-state index in [0.29, 0.717) is 22.7 Å². The van der Waals surface area contributed by atoms with E-state index < -0.39 is 28.5 Å². The summed E-state index contributed by atoms with van der Waals surface area (Å²) in [4.78, 5) is 29.2. The Bertz CT molecular complexity index is 1410. The van der Waals surface area contributed by atoms with Gasteiger partial charge in [-0.15, -0.1) is 0 Å². The first-order chi connectivity index (χ1) is 19.2. The number of benzene rings is 3. The van der Waals surface area contributed by atoms with Crippen molar-refractivity contribution in [2.75, 3.05) is 10.8 Å². The summed E-state index contributed by atoms with van der Waals surface area (Å²) in [6, 6.07) is 21.7. The van der Waals surface area contributed by atoms with Gasteiger partial charge in [0.1, 0.15) is 12.6 Å². The zero-order valence-electron chi connectivity index (χ0n) is 22.9. The molecule has 0 radical (unpaired) electrons. The quantitative estimate of drug-likeness (QED) is 0.314. The van der Waals surface area contributed by atoms with E-state index in [2.05, 4.69) is 5.32 Å². The van der Waals surface area contributed by atoms with Crippen LogP contribution in [0.25, 0.3) is 0 Å². The average Bonchev–Trinajstić information content (AvgIpc) is 3.47. The van der Waals surface area contributed by atoms with Gasteiger partial charge in [0.15, 0.2) is 0 Å². The molecule has 0 aliphatic heterocycles. The topological polar surface area (TPSA) is 86.8 Å². The van der Waals surface area contributed by atoms with Crippen LogP contribution in [0.1, 0.15) is 50.2 Å². The van der Waals surface area contributed by atoms with Crippen molar-refractivity contribution < 1.29 is 18.0 Å². The smallest absolute Gasteiger partial charge is 0.264 e. The number of hydrogen-bond acceptors (Lipinski definition) is 4. The van der Waals surface area contributed by atoms with E-state index in [9.17, 15) is 18.0 Å². The Morgan fingerprint density at radius 2 is 1.60 bits per heavy atom. The molecule has 0 heterocycles. The van der Waals surface area contributed by atoms with E-state index in [0.717, 1.165) is 35.6 Å². The van der Waals surface area contributed by atoms with Crippen molar-refractivity contribution in [3.63, 3.8) is 0 Å². The van der Waals surface area contributed by atoms with Gasteiger partial charge in [0.2, 0.25) is 11.8 Å². The van der Waals surface area contributed by atoms with Gasteiger partial charge in [-0.05, 0) is 61.6 Å². The first-order valence-corrected chi connectivity index (χ1v) is 15.5. The fourth-order valence-electron chi connectivity index (χ4n) is 5.15. The van der Waals surface area contributed by atoms with Crippen molar-refractivity contribution in [3.05, 3.63) is 95.0 Å². The predicted molar refractivity (Wildman–Crippen MR) is 159 cm³/mol. The highest BCUT2D eigenvalue weighted by Gasteiger charge is 2.35. The summed E-state index contributed by atoms with van der Waals surface area (Å²) in [6.45, 7) is 3.32. The van der Waals surface area contributed by atoms with Crippen LogP contribution in [0.2, 0.25) is 5.02 Å². The maximum Gasteiger partial charge on any atom is 0.264 e. The number of amides is 2. The Balaban J connectivity index is 1.72. The van der Waals surface area contributed by atoms with E-state index in [4.69, 9.17) is 11.6 Å². The summed E-state index contributed by atoms with van der Waals surface area (Å²) in [7, 11) is -4.14. The van der Waals surface area contributed by atoms with Gasteiger partial charge in [-0.1, -0.05) is 86.0 Å². The number of nitrogens with zero attached hydrogens (tertiary/aromatic N) is 2. The third-order valence-electron chi connectivity index (χ3n) is 7.33. The molecule has 0 spiro atoms. The zero-order valence-corrected chi connectivity index (χ0v) is 24.5. The minimum absolute atomic E-state index is 0.0582. The van der Waals surface area contributed by atoms with Gasteiger partial charge in [-0.3, -0.25) is 13.9 Å². The third-order valence-corrected chi connectivity index (χ3v) is 9.34. The van der Waals surface area contributed by atoms with Gasteiger partial charge in [0, 0.05) is 17.6 Å². The number of rotatable bonds is 11. The molecule has 3 aromatic rings. The number of hydrogen-bond donors (Lipinski definition) is 1. The lowest BCUT2D eigenvalue weighted by atomic mass is 10.1. The average molecular weight is 582 g/mol. The standard InChI is InChI=1S/C31H36ClN3O4S/c1-3-28(31(37)33-26-14-10-11-15-26)34(21-24-12-6-4-7-13-24)30(36)22-35(29-20-25(32)19-18-23(29)2)40(38,39)27-16-8-5-9-17-27/h4-9,12-13,16-20,26,28H,3,10-11,14-15,21-22H2,1-2H3,(H,33,37). The zero-order chi connectivity index (χ0) is 28.7. The Labute approximate surface area is 242 Å². The molecule has 1 atom stereocenters. The molecule has 40 heavy (non-hydrogen) atoms. The van der Waals surface area contributed by atoms with Gasteiger partial charge < -0.3 is 10.2 Å². The molecule has 3 aromatic carbocycles. The summed E-state index contributed by atoms with van der Waals surface area (Å²) in [6.07, 6.45) is 4.37. The first-order valence-electron chi connectivity index (χ1n) is 13.7. The maximum atomic E-state index is 14.2. The largest absolute Gasteiger partial charge is 0.352 e. The number of aryl methyl sites for hydroxylation is 1. The molecule has 1 fully saturated rings. The number of anilines is 1. The molecule has 1 aliphatic carbocycles. The molecule has 1 unspecified atom stereocenters. The van der Waals surface area contributed by atoms with Crippen LogP contribution in [-0.4, -0.2) is 43.8 Å². The maximum absolute atomic E-state index is 14.2. The summed E-state index contributed by atoms with van der Waals surface area (Å²) in [5.74, 6) is -0.689. The predicted octanol–water partition coefficient (Wildman–Crippen LogP) is 5.71. The Kier molecular flexibility index (Phi) is 9.87. The Morgan fingerprint density at radius 1 is 0.975 bits per heavy atom. The van der Waals surface area contributed by atoms with Crippen LogP contribution < -0.4 is 9.62 Å². The van der Waals surface area contributed by atoms with Crippen LogP contribution in [0.15, 0.2) is 83.8 Å². The molecule has 0 bridgehead atoms. The normalized spacial score (nSPS) is 14.5. The van der Waals surface area contributed by atoms with Gasteiger partial charge in [-0.2, -0.15) is 0 Å². The molecule has 0 saturated heterocycles. The van der Waals surface area contributed by atoms with Crippen LogP contribution in [0.5, 0.6) is 0 Å². The molecule has 1 aliphatic rings. The van der Waals surface area contributed by atoms with Crippen molar-refractivity contribution in [2.45, 2.75) is 69.5 Å². The first kappa shape index (κ1) is 29.6. The minimum atomic E-state index is -4.14. The summed E-state index contributed by atoms with van der Waals surface area (Å²) < 4.78 is 29.0. The number of carbonyl (C=O) groups is 2. The van der Waals surface area contributed by atoms with E-state index in [1.165, 1.54) is 17.0 Å². The number of halogens is 1. The Morgan fingerprint density at radius 3 is 2.23 bits per heavy atom. The van der Waals surface area contributed by atoms with E-state index >= 15 is 0 Å². The highest BCUT2D eigenvalue weighted by atomic mass is 35.5. The molecule has 4 rings (SSSR count). The van der Waals surface area contributed by atoms with E-state index in [1.54, 1.807) is 43.3 Å². The van der Waals surface area contributed by atoms with Crippen LogP contribution >= 0.6 is 11.6 Å². The molecule has 212 valence electrons. The highest BCUT2D eigenvalue weighted by Crippen LogP contribution is 2.30. The SMILES string of the molecule is CCC(C(=O)NC1CCCC1)N(Cc1ccccc1)C(=O)CN(c1cc(Cl)ccc1C)S(=O)(=O)c1ccccc1. The van der Waals surface area contributed by atoms with Gasteiger partial charge in [-0.25, -0.2) is 8.42 Å². The number of sulfonamides is 1. The second kappa shape index (κ2) is 13.3. The van der Waals surface area contributed by atoms with Crippen molar-refractivity contribution in [2.24, 2.45) is 0 Å². The van der Waals surface area contributed by atoms with Gasteiger partial charge in [0.25, 0.3) is 10.0 Å². The lowest BCUT2D eigenvalue weighted by Gasteiger charge is -2.34. The summed E-state index contributed by atoms with van der Waals surface area (Å²) in [5.41, 5.74) is 1.81. The highest BCUT2D eigenvalue weighted by molar-refractivity contribution is 7.92. The van der Waals surface area contributed by atoms with Crippen molar-refractivity contribution in [3.8, 4) is 0 Å². The molecule has 1 saturated carbocycles. The lowest BCUT2D eigenvalue weighted by molar-refractivity contribution is -0.140. The fraction of sp³-hybridized carbons (Fsp3) is 0.355. The van der Waals surface area contributed by atoms with Crippen LogP contribution in [0, 0.1) is 6.92 Å². The summed E-state index contributed by atoms with van der Waals surface area (Å²) in [5, 5.41) is 3.48. The molecular weight excluding hydrogens is 546 g/mol. The molecule has 2 amide bonds. The molecule has 1 N–H and O–H groups in total. The van der Waals surface area contributed by atoms with Crippen LogP contribution in [0.4, 0.5) is 5.69 Å². The van der Waals surface area contributed by atoms with Crippen molar-refractivity contribution >= 4 is 39.1 Å². The van der Waals surface area contributed by atoms with E-state index in [1.807, 2.05) is 37.3 Å². The third kappa shape index (κ3) is 7.04. The van der Waals surface area contributed by atoms with Crippen LogP contribution in [-0.2, 0) is 26.2 Å². The minimum Gasteiger partial charge on any atom is -0.352 e. The molecule has 7 nitrogen and oxygen atoms in total. The fourth-order valence-corrected chi connectivity index (χ4v) is 6.81. The van der Waals surface area contributed by atoms with Crippen molar-refractivity contribution in [1.29, 1.82) is 0 Å². The molecule has 9 heteroatoms. The number of carbonyl (C=O) groups excluding carboxylic acids is 2. The molecular formula is C31H36ClN3O4S. The second-order valence-corrected chi connectivity index (χ2v) is 12.5. The van der Waals surface area contributed by atoms with Gasteiger partial charge >= 0.3 is 0 Å². The van der Waals surface area contributed by atoms with Crippen molar-refractivity contribution in [1.82, 2.24) is 10.2 Å².